The maximum Gasteiger partial charge on any atom is 0.317 e. The second kappa shape index (κ2) is 7.63. The summed E-state index contributed by atoms with van der Waals surface area (Å²) < 4.78 is 5.37. The van der Waals surface area contributed by atoms with Gasteiger partial charge in [-0.15, -0.1) is 0 Å². The first-order valence-electron chi connectivity index (χ1n) is 7.53. The van der Waals surface area contributed by atoms with Gasteiger partial charge in [-0.2, -0.15) is 0 Å². The van der Waals surface area contributed by atoms with Crippen LogP contribution < -0.4 is 10.1 Å². The van der Waals surface area contributed by atoms with E-state index in [1.807, 2.05) is 26.0 Å². The van der Waals surface area contributed by atoms with Crippen LogP contribution in [0.25, 0.3) is 0 Å². The molecule has 2 rings (SSSR count). The van der Waals surface area contributed by atoms with E-state index in [2.05, 4.69) is 22.4 Å². The minimum absolute atomic E-state index is 0.104. The van der Waals surface area contributed by atoms with E-state index < -0.39 is 0 Å². The zero-order valence-electron chi connectivity index (χ0n) is 14.1. The Morgan fingerprint density at radius 2 is 1.78 bits per heavy atom. The fraction of sp³-hybridized carbons (Fsp3) is 0.333. The van der Waals surface area contributed by atoms with Gasteiger partial charge < -0.3 is 15.0 Å². The van der Waals surface area contributed by atoms with E-state index in [0.717, 1.165) is 28.0 Å². The predicted octanol–water partition coefficient (Wildman–Crippen LogP) is 3.05. The van der Waals surface area contributed by atoms with E-state index in [9.17, 15) is 4.79 Å². The molecular weight excluding hydrogens is 290 g/mol. The molecule has 0 aliphatic heterocycles. The first kappa shape index (κ1) is 16.8. The Balaban J connectivity index is 1.96. The molecular formula is C18H23N3O2. The Morgan fingerprint density at radius 3 is 2.35 bits per heavy atom. The summed E-state index contributed by atoms with van der Waals surface area (Å²) in [5, 5.41) is 2.91. The van der Waals surface area contributed by atoms with Crippen LogP contribution in [0.3, 0.4) is 0 Å². The van der Waals surface area contributed by atoms with Crippen LogP contribution in [0, 0.1) is 13.8 Å². The van der Waals surface area contributed by atoms with E-state index in [1.54, 1.807) is 31.5 Å². The molecule has 0 bridgehead atoms. The zero-order valence-corrected chi connectivity index (χ0v) is 14.1. The smallest absolute Gasteiger partial charge is 0.317 e. The number of carbonyl (C=O) groups excluding carboxylic acids is 1. The molecule has 2 aromatic rings. The molecule has 2 amide bonds. The van der Waals surface area contributed by atoms with Crippen molar-refractivity contribution in [1.29, 1.82) is 0 Å². The molecule has 0 aliphatic carbocycles. The van der Waals surface area contributed by atoms with E-state index >= 15 is 0 Å². The second-order valence-electron chi connectivity index (χ2n) is 5.63. The molecule has 5 nitrogen and oxygen atoms in total. The minimum Gasteiger partial charge on any atom is -0.496 e. The molecule has 0 fully saturated rings. The molecule has 0 radical (unpaired) electrons. The van der Waals surface area contributed by atoms with E-state index in [0.29, 0.717) is 13.1 Å². The average Bonchev–Trinajstić information content (AvgIpc) is 2.53. The van der Waals surface area contributed by atoms with Gasteiger partial charge in [0.05, 0.1) is 7.11 Å². The number of pyridine rings is 1. The number of ether oxygens (including phenoxy) is 1. The van der Waals surface area contributed by atoms with Crippen molar-refractivity contribution < 1.29 is 9.53 Å². The third kappa shape index (κ3) is 4.45. The van der Waals surface area contributed by atoms with Gasteiger partial charge in [-0.1, -0.05) is 12.1 Å². The largest absolute Gasteiger partial charge is 0.496 e. The normalized spacial score (nSPS) is 10.3. The van der Waals surface area contributed by atoms with Crippen molar-refractivity contribution in [3.63, 3.8) is 0 Å². The summed E-state index contributed by atoms with van der Waals surface area (Å²) in [7, 11) is 3.46. The molecule has 0 spiro atoms. The van der Waals surface area contributed by atoms with Gasteiger partial charge in [0.25, 0.3) is 0 Å². The van der Waals surface area contributed by atoms with Gasteiger partial charge in [0.15, 0.2) is 0 Å². The van der Waals surface area contributed by atoms with Crippen molar-refractivity contribution in [2.24, 2.45) is 0 Å². The number of urea groups is 1. The summed E-state index contributed by atoms with van der Waals surface area (Å²) in [4.78, 5) is 17.8. The Bertz CT molecular complexity index is 648. The molecule has 23 heavy (non-hydrogen) atoms. The molecule has 0 saturated heterocycles. The SMILES string of the molecule is COc1c(C)cc(CN(C)C(=O)NCc2ccncc2)cc1C. The highest BCUT2D eigenvalue weighted by Gasteiger charge is 2.11. The highest BCUT2D eigenvalue weighted by atomic mass is 16.5. The lowest BCUT2D eigenvalue weighted by Gasteiger charge is -2.19. The molecule has 0 unspecified atom stereocenters. The molecule has 0 aliphatic rings. The molecule has 1 aromatic carbocycles. The number of rotatable bonds is 5. The van der Waals surface area contributed by atoms with Crippen LogP contribution >= 0.6 is 0 Å². The third-order valence-corrected chi connectivity index (χ3v) is 3.68. The van der Waals surface area contributed by atoms with Crippen molar-refractivity contribution >= 4 is 6.03 Å². The first-order valence-corrected chi connectivity index (χ1v) is 7.53. The van der Waals surface area contributed by atoms with E-state index in [4.69, 9.17) is 4.74 Å². The number of amides is 2. The highest BCUT2D eigenvalue weighted by Crippen LogP contribution is 2.24. The van der Waals surface area contributed by atoms with Gasteiger partial charge in [0, 0.05) is 32.5 Å². The Morgan fingerprint density at radius 1 is 1.17 bits per heavy atom. The highest BCUT2D eigenvalue weighted by molar-refractivity contribution is 5.73. The van der Waals surface area contributed by atoms with Gasteiger partial charge in [0.1, 0.15) is 5.75 Å². The summed E-state index contributed by atoms with van der Waals surface area (Å²) in [5.74, 6) is 0.901. The monoisotopic (exact) mass is 313 g/mol. The summed E-state index contributed by atoms with van der Waals surface area (Å²) in [6, 6.07) is 7.78. The van der Waals surface area contributed by atoms with Crippen LogP contribution in [0.4, 0.5) is 4.79 Å². The molecule has 0 saturated carbocycles. The predicted molar refractivity (Wildman–Crippen MR) is 90.4 cm³/mol. The quantitative estimate of drug-likeness (QED) is 0.923. The summed E-state index contributed by atoms with van der Waals surface area (Å²) in [5.41, 5.74) is 4.27. The van der Waals surface area contributed by atoms with Crippen LogP contribution in [0.15, 0.2) is 36.7 Å². The summed E-state index contributed by atoms with van der Waals surface area (Å²) >= 11 is 0. The maximum atomic E-state index is 12.2. The topological polar surface area (TPSA) is 54.5 Å². The number of benzene rings is 1. The second-order valence-corrected chi connectivity index (χ2v) is 5.63. The zero-order chi connectivity index (χ0) is 16.8. The van der Waals surface area contributed by atoms with Crippen molar-refractivity contribution in [2.75, 3.05) is 14.2 Å². The van der Waals surface area contributed by atoms with Crippen LogP contribution in [0.2, 0.25) is 0 Å². The van der Waals surface area contributed by atoms with Gasteiger partial charge in [0.2, 0.25) is 0 Å². The lowest BCUT2D eigenvalue weighted by molar-refractivity contribution is 0.206. The van der Waals surface area contributed by atoms with Crippen molar-refractivity contribution in [3.8, 4) is 5.75 Å². The fourth-order valence-electron chi connectivity index (χ4n) is 2.61. The maximum absolute atomic E-state index is 12.2. The van der Waals surface area contributed by atoms with Gasteiger partial charge >= 0.3 is 6.03 Å². The van der Waals surface area contributed by atoms with E-state index in [1.165, 1.54) is 0 Å². The van der Waals surface area contributed by atoms with Gasteiger partial charge in [-0.3, -0.25) is 4.98 Å². The summed E-state index contributed by atoms with van der Waals surface area (Å²) in [6.07, 6.45) is 3.43. The van der Waals surface area contributed by atoms with Gasteiger partial charge in [-0.25, -0.2) is 4.79 Å². The lowest BCUT2D eigenvalue weighted by atomic mass is 10.1. The van der Waals surface area contributed by atoms with Crippen molar-refractivity contribution in [1.82, 2.24) is 15.2 Å². The van der Waals surface area contributed by atoms with Crippen molar-refractivity contribution in [2.45, 2.75) is 26.9 Å². The third-order valence-electron chi connectivity index (χ3n) is 3.68. The summed E-state index contributed by atoms with van der Waals surface area (Å²) in [6.45, 7) is 5.07. The van der Waals surface area contributed by atoms with E-state index in [-0.39, 0.29) is 6.03 Å². The standard InChI is InChI=1S/C18H23N3O2/c1-13-9-16(10-14(2)17(13)23-4)12-21(3)18(22)20-11-15-5-7-19-8-6-15/h5-10H,11-12H2,1-4H3,(H,20,22). The molecule has 5 heteroatoms. The Labute approximate surface area is 137 Å². The van der Waals surface area contributed by atoms with Crippen LogP contribution in [-0.4, -0.2) is 30.1 Å². The molecule has 1 heterocycles. The number of hydrogen-bond acceptors (Lipinski definition) is 3. The Hall–Kier alpha value is -2.56. The number of methoxy groups -OCH3 is 1. The first-order chi connectivity index (χ1) is 11.0. The fourth-order valence-corrected chi connectivity index (χ4v) is 2.61. The molecule has 122 valence electrons. The lowest BCUT2D eigenvalue weighted by Crippen LogP contribution is -2.36. The number of aromatic nitrogens is 1. The number of nitrogens with one attached hydrogen (secondary N) is 1. The van der Waals surface area contributed by atoms with Crippen LogP contribution in [0.1, 0.15) is 22.3 Å². The van der Waals surface area contributed by atoms with Gasteiger partial charge in [-0.05, 0) is 48.2 Å². The number of aryl methyl sites for hydroxylation is 2. The number of nitrogens with zero attached hydrogens (tertiary/aromatic N) is 2. The van der Waals surface area contributed by atoms with Crippen LogP contribution in [-0.2, 0) is 13.1 Å². The minimum atomic E-state index is -0.104. The van der Waals surface area contributed by atoms with Crippen LogP contribution in [0.5, 0.6) is 5.75 Å². The molecule has 0 atom stereocenters. The average molecular weight is 313 g/mol. The number of carbonyl (C=O) groups is 1. The number of hydrogen-bond donors (Lipinski definition) is 1. The molecule has 1 aromatic heterocycles. The molecule has 1 N–H and O–H groups in total. The Kier molecular flexibility index (Phi) is 5.57. The van der Waals surface area contributed by atoms with Crippen molar-refractivity contribution in [3.05, 3.63) is 58.9 Å².